The van der Waals surface area contributed by atoms with E-state index in [-0.39, 0.29) is 11.4 Å². The summed E-state index contributed by atoms with van der Waals surface area (Å²) in [7, 11) is -3.66. The van der Waals surface area contributed by atoms with Crippen LogP contribution in [0.5, 0.6) is 0 Å². The molecule has 0 saturated carbocycles. The van der Waals surface area contributed by atoms with Gasteiger partial charge in [-0.1, -0.05) is 23.7 Å². The second-order valence-corrected chi connectivity index (χ2v) is 6.57. The van der Waals surface area contributed by atoms with Gasteiger partial charge in [-0.15, -0.1) is 0 Å². The highest BCUT2D eigenvalue weighted by atomic mass is 35.5. The third kappa shape index (κ3) is 3.56. The molecule has 0 heterocycles. The summed E-state index contributed by atoms with van der Waals surface area (Å²) >= 11 is 5.76. The molecule has 0 fully saturated rings. The molecule has 0 bridgehead atoms. The molecule has 0 spiro atoms. The maximum Gasteiger partial charge on any atom is 0.240 e. The van der Waals surface area contributed by atoms with Crippen molar-refractivity contribution in [1.82, 2.24) is 4.72 Å². The summed E-state index contributed by atoms with van der Waals surface area (Å²) in [6.07, 6.45) is 0. The van der Waals surface area contributed by atoms with Crippen molar-refractivity contribution in [3.63, 3.8) is 0 Å². The minimum absolute atomic E-state index is 0.0466. The summed E-state index contributed by atoms with van der Waals surface area (Å²) in [5.74, 6) is -0.429. The number of hydrogen-bond acceptors (Lipinski definition) is 2. The first-order valence-corrected chi connectivity index (χ1v) is 7.75. The summed E-state index contributed by atoms with van der Waals surface area (Å²) in [4.78, 5) is 0.0466. The molecule has 0 aliphatic rings. The van der Waals surface area contributed by atoms with Gasteiger partial charge in [0.1, 0.15) is 5.82 Å². The summed E-state index contributed by atoms with van der Waals surface area (Å²) in [5, 5.41) is 0.589. The molecule has 0 aliphatic heterocycles. The lowest BCUT2D eigenvalue weighted by atomic mass is 10.2. The van der Waals surface area contributed by atoms with Crippen LogP contribution in [0, 0.1) is 12.7 Å². The molecule has 0 unspecified atom stereocenters. The van der Waals surface area contributed by atoms with Crippen LogP contribution in [0.2, 0.25) is 5.02 Å². The molecule has 0 amide bonds. The molecular weight excluding hydrogens is 301 g/mol. The van der Waals surface area contributed by atoms with Gasteiger partial charge in [0.2, 0.25) is 10.0 Å². The number of rotatable bonds is 4. The van der Waals surface area contributed by atoms with Crippen LogP contribution in [0.4, 0.5) is 4.39 Å². The summed E-state index contributed by atoms with van der Waals surface area (Å²) in [5.41, 5.74) is 1.08. The Morgan fingerprint density at radius 3 is 2.40 bits per heavy atom. The highest BCUT2D eigenvalue weighted by Gasteiger charge is 2.14. The normalized spacial score (nSPS) is 11.6. The zero-order chi connectivity index (χ0) is 14.8. The van der Waals surface area contributed by atoms with Gasteiger partial charge in [0, 0.05) is 11.6 Å². The van der Waals surface area contributed by atoms with Crippen LogP contribution in [0.25, 0.3) is 0 Å². The number of sulfonamides is 1. The fourth-order valence-corrected chi connectivity index (χ4v) is 2.88. The Morgan fingerprint density at radius 1 is 1.15 bits per heavy atom. The molecule has 106 valence electrons. The van der Waals surface area contributed by atoms with E-state index in [0.29, 0.717) is 10.6 Å². The Labute approximate surface area is 122 Å². The number of nitrogens with one attached hydrogen (secondary N) is 1. The van der Waals surface area contributed by atoms with E-state index in [2.05, 4.69) is 4.72 Å². The lowest BCUT2D eigenvalue weighted by molar-refractivity contribution is 0.579. The Bertz CT molecular complexity index is 714. The quantitative estimate of drug-likeness (QED) is 0.941. The maximum absolute atomic E-state index is 13.1. The molecule has 0 aliphatic carbocycles. The Morgan fingerprint density at radius 2 is 1.80 bits per heavy atom. The maximum atomic E-state index is 13.1. The van der Waals surface area contributed by atoms with Crippen molar-refractivity contribution < 1.29 is 12.8 Å². The summed E-state index contributed by atoms with van der Waals surface area (Å²) in [6, 6.07) is 10.5. The molecule has 0 atom stereocenters. The minimum Gasteiger partial charge on any atom is -0.207 e. The van der Waals surface area contributed by atoms with Gasteiger partial charge in [-0.2, -0.15) is 0 Å². The fraction of sp³-hybridized carbons (Fsp3) is 0.143. The van der Waals surface area contributed by atoms with Crippen LogP contribution in [0.15, 0.2) is 47.4 Å². The number of halogens is 2. The molecule has 0 saturated heterocycles. The average Bonchev–Trinajstić information content (AvgIpc) is 2.41. The first-order chi connectivity index (χ1) is 9.38. The van der Waals surface area contributed by atoms with Crippen molar-refractivity contribution in [2.45, 2.75) is 18.4 Å². The highest BCUT2D eigenvalue weighted by molar-refractivity contribution is 7.89. The molecule has 1 N–H and O–H groups in total. The predicted molar refractivity (Wildman–Crippen MR) is 76.6 cm³/mol. The third-order valence-corrected chi connectivity index (χ3v) is 4.47. The van der Waals surface area contributed by atoms with Gasteiger partial charge in [0.15, 0.2) is 0 Å². The monoisotopic (exact) mass is 313 g/mol. The third-order valence-electron chi connectivity index (χ3n) is 2.82. The van der Waals surface area contributed by atoms with Crippen molar-refractivity contribution in [1.29, 1.82) is 0 Å². The lowest BCUT2D eigenvalue weighted by Gasteiger charge is -2.08. The van der Waals surface area contributed by atoms with Gasteiger partial charge in [-0.05, 0) is 48.4 Å². The van der Waals surface area contributed by atoms with E-state index in [4.69, 9.17) is 11.6 Å². The molecule has 0 radical (unpaired) electrons. The molecule has 20 heavy (non-hydrogen) atoms. The van der Waals surface area contributed by atoms with Crippen molar-refractivity contribution in [2.75, 3.05) is 0 Å². The van der Waals surface area contributed by atoms with E-state index in [1.54, 1.807) is 24.3 Å². The molecule has 2 rings (SSSR count). The van der Waals surface area contributed by atoms with Crippen LogP contribution < -0.4 is 4.72 Å². The molecule has 2 aromatic carbocycles. The van der Waals surface area contributed by atoms with E-state index in [1.807, 2.05) is 0 Å². The molecule has 6 heteroatoms. The molecule has 3 nitrogen and oxygen atoms in total. The summed E-state index contributed by atoms with van der Waals surface area (Å²) < 4.78 is 39.8. The summed E-state index contributed by atoms with van der Waals surface area (Å²) in [6.45, 7) is 1.67. The molecule has 0 aromatic heterocycles. The Hall–Kier alpha value is -1.43. The first kappa shape index (κ1) is 15.0. The van der Waals surface area contributed by atoms with Gasteiger partial charge in [0.05, 0.1) is 4.90 Å². The topological polar surface area (TPSA) is 46.2 Å². The van der Waals surface area contributed by atoms with Crippen molar-refractivity contribution >= 4 is 21.6 Å². The van der Waals surface area contributed by atoms with Gasteiger partial charge in [-0.3, -0.25) is 0 Å². The standard InChI is InChI=1S/C14H13ClFNO2S/c1-10-8-13(6-7-14(10)16)20(18,19)17-9-11-2-4-12(15)5-3-11/h2-8,17H,9H2,1H3. The van der Waals surface area contributed by atoms with Crippen LogP contribution in [0.3, 0.4) is 0 Å². The number of aryl methyl sites for hydroxylation is 1. The average molecular weight is 314 g/mol. The molecular formula is C14H13ClFNO2S. The van der Waals surface area contributed by atoms with Crippen molar-refractivity contribution in [3.8, 4) is 0 Å². The first-order valence-electron chi connectivity index (χ1n) is 5.89. The Kier molecular flexibility index (Phi) is 4.42. The highest BCUT2D eigenvalue weighted by Crippen LogP contribution is 2.15. The smallest absolute Gasteiger partial charge is 0.207 e. The lowest BCUT2D eigenvalue weighted by Crippen LogP contribution is -2.23. The van der Waals surface area contributed by atoms with Gasteiger partial charge < -0.3 is 0 Å². The zero-order valence-electron chi connectivity index (χ0n) is 10.7. The predicted octanol–water partition coefficient (Wildman–Crippen LogP) is 3.27. The van der Waals surface area contributed by atoms with Crippen LogP contribution in [-0.2, 0) is 16.6 Å². The van der Waals surface area contributed by atoms with Crippen LogP contribution >= 0.6 is 11.6 Å². The van der Waals surface area contributed by atoms with Gasteiger partial charge in [0.25, 0.3) is 0 Å². The van der Waals surface area contributed by atoms with E-state index < -0.39 is 15.8 Å². The molecule has 2 aromatic rings. The van der Waals surface area contributed by atoms with E-state index in [9.17, 15) is 12.8 Å². The van der Waals surface area contributed by atoms with Crippen LogP contribution in [-0.4, -0.2) is 8.42 Å². The largest absolute Gasteiger partial charge is 0.240 e. The minimum atomic E-state index is -3.66. The zero-order valence-corrected chi connectivity index (χ0v) is 12.3. The second-order valence-electron chi connectivity index (χ2n) is 4.36. The second kappa shape index (κ2) is 5.91. The van der Waals surface area contributed by atoms with Gasteiger partial charge >= 0.3 is 0 Å². The number of benzene rings is 2. The van der Waals surface area contributed by atoms with E-state index in [1.165, 1.54) is 19.1 Å². The van der Waals surface area contributed by atoms with Crippen LogP contribution in [0.1, 0.15) is 11.1 Å². The number of hydrogen-bond donors (Lipinski definition) is 1. The van der Waals surface area contributed by atoms with E-state index >= 15 is 0 Å². The van der Waals surface area contributed by atoms with Crippen molar-refractivity contribution in [3.05, 3.63) is 64.4 Å². The Balaban J connectivity index is 2.14. The van der Waals surface area contributed by atoms with Crippen molar-refractivity contribution in [2.24, 2.45) is 0 Å². The van der Waals surface area contributed by atoms with Gasteiger partial charge in [-0.25, -0.2) is 17.5 Å². The SMILES string of the molecule is Cc1cc(S(=O)(=O)NCc2ccc(Cl)cc2)ccc1F. The van der Waals surface area contributed by atoms with E-state index in [0.717, 1.165) is 11.6 Å². The fourth-order valence-electron chi connectivity index (χ4n) is 1.65.